The molecule has 218 valence electrons. The second-order valence-corrected chi connectivity index (χ2v) is 13.5. The van der Waals surface area contributed by atoms with Crippen molar-refractivity contribution in [1.82, 2.24) is 0 Å². The lowest BCUT2D eigenvalue weighted by Gasteiger charge is -2.45. The van der Waals surface area contributed by atoms with Crippen molar-refractivity contribution in [2.24, 2.45) is 28.7 Å². The minimum atomic E-state index is 0.175. The summed E-state index contributed by atoms with van der Waals surface area (Å²) in [4.78, 5) is 10.3. The molecule has 4 aliphatic carbocycles. The van der Waals surface area contributed by atoms with Gasteiger partial charge in [-0.3, -0.25) is 4.99 Å². The van der Waals surface area contributed by atoms with Crippen molar-refractivity contribution in [3.05, 3.63) is 120 Å². The van der Waals surface area contributed by atoms with E-state index in [-0.39, 0.29) is 18.3 Å². The lowest BCUT2D eigenvalue weighted by atomic mass is 9.74. The van der Waals surface area contributed by atoms with Crippen molar-refractivity contribution < 1.29 is 4.74 Å². The zero-order valence-electron chi connectivity index (χ0n) is 24.8. The van der Waals surface area contributed by atoms with E-state index in [1.807, 2.05) is 0 Å². The standard InChI is InChI=1S/C39H41N3O/c1-3-11-27(12-4-1)30-16-9-17-31(28-13-5-2-6-14-28)38(30)42-34-19-8-7-18-33(34)41-25-36-37(39(41)42)32-24-26(20-21-35(32)43-36)23-29-15-10-22-40-29/h1,3-5,7-9,11,13-14,16-22,26-27,29,31-32,35,38-39H,2,6,10,12,15,23-25H2. The normalized spacial score (nSPS) is 36.5. The van der Waals surface area contributed by atoms with Gasteiger partial charge in [0.15, 0.2) is 0 Å². The number of fused-ring (bicyclic) bond motifs is 6. The second-order valence-electron chi connectivity index (χ2n) is 13.5. The van der Waals surface area contributed by atoms with Crippen molar-refractivity contribution >= 4 is 17.6 Å². The van der Waals surface area contributed by atoms with E-state index in [0.717, 1.165) is 32.2 Å². The van der Waals surface area contributed by atoms with Crippen molar-refractivity contribution in [2.45, 2.75) is 69.3 Å². The van der Waals surface area contributed by atoms with Gasteiger partial charge in [-0.2, -0.15) is 0 Å². The van der Waals surface area contributed by atoms with Gasteiger partial charge in [-0.1, -0.05) is 79.0 Å². The molecule has 0 fully saturated rings. The molecule has 4 heteroatoms. The van der Waals surface area contributed by atoms with Gasteiger partial charge in [0.05, 0.1) is 30.0 Å². The first kappa shape index (κ1) is 25.7. The monoisotopic (exact) mass is 567 g/mol. The Morgan fingerprint density at radius 3 is 2.72 bits per heavy atom. The summed E-state index contributed by atoms with van der Waals surface area (Å²) in [6, 6.07) is 9.89. The number of aliphatic imine (C=N–C) groups is 1. The minimum absolute atomic E-state index is 0.175. The number of hydrogen-bond donors (Lipinski definition) is 0. The molecule has 1 aromatic rings. The van der Waals surface area contributed by atoms with Gasteiger partial charge in [0.2, 0.25) is 0 Å². The fourth-order valence-electron chi connectivity index (χ4n) is 9.20. The maximum Gasteiger partial charge on any atom is 0.129 e. The molecule has 0 spiro atoms. The van der Waals surface area contributed by atoms with E-state index in [0.29, 0.717) is 29.7 Å². The van der Waals surface area contributed by atoms with Crippen LogP contribution in [0.1, 0.15) is 44.9 Å². The van der Waals surface area contributed by atoms with Crippen molar-refractivity contribution in [3.63, 3.8) is 0 Å². The van der Waals surface area contributed by atoms with Crippen molar-refractivity contribution in [3.8, 4) is 0 Å². The molecular weight excluding hydrogens is 526 g/mol. The second kappa shape index (κ2) is 10.4. The molecule has 0 saturated carbocycles. The topological polar surface area (TPSA) is 28.1 Å². The molecule has 0 bridgehead atoms. The summed E-state index contributed by atoms with van der Waals surface area (Å²) < 4.78 is 6.80. The van der Waals surface area contributed by atoms with Crippen molar-refractivity contribution in [2.75, 3.05) is 16.3 Å². The third-order valence-electron chi connectivity index (χ3n) is 11.1. The number of anilines is 2. The smallest absolute Gasteiger partial charge is 0.129 e. The molecule has 4 aliphatic heterocycles. The highest BCUT2D eigenvalue weighted by atomic mass is 16.5. The minimum Gasteiger partial charge on any atom is -0.488 e. The quantitative estimate of drug-likeness (QED) is 0.338. The molecule has 43 heavy (non-hydrogen) atoms. The molecule has 0 N–H and O–H groups in total. The van der Waals surface area contributed by atoms with Gasteiger partial charge < -0.3 is 14.5 Å². The highest BCUT2D eigenvalue weighted by molar-refractivity contribution is 5.82. The van der Waals surface area contributed by atoms with Crippen molar-refractivity contribution in [1.29, 1.82) is 0 Å². The van der Waals surface area contributed by atoms with E-state index < -0.39 is 0 Å². The van der Waals surface area contributed by atoms with Crippen LogP contribution in [0.25, 0.3) is 0 Å². The van der Waals surface area contributed by atoms with Crippen LogP contribution in [0, 0.1) is 23.7 Å². The predicted octanol–water partition coefficient (Wildman–Crippen LogP) is 8.01. The van der Waals surface area contributed by atoms with Gasteiger partial charge in [-0.25, -0.2) is 0 Å². The van der Waals surface area contributed by atoms with E-state index in [1.54, 1.807) is 5.57 Å². The van der Waals surface area contributed by atoms with Crippen LogP contribution in [0.5, 0.6) is 0 Å². The number of benzene rings is 1. The summed E-state index contributed by atoms with van der Waals surface area (Å²) in [5, 5.41) is 0. The van der Waals surface area contributed by atoms with Gasteiger partial charge in [0, 0.05) is 23.3 Å². The summed E-state index contributed by atoms with van der Waals surface area (Å²) in [5.74, 6) is 2.95. The summed E-state index contributed by atoms with van der Waals surface area (Å²) in [5.41, 5.74) is 7.28. The predicted molar refractivity (Wildman–Crippen MR) is 176 cm³/mol. The van der Waals surface area contributed by atoms with Gasteiger partial charge in [0.25, 0.3) is 0 Å². The maximum atomic E-state index is 6.80. The molecule has 8 unspecified atom stereocenters. The Balaban J connectivity index is 1.13. The SMILES string of the molecule is C1=CCC(C2=CC=CC(C3=CCCC=C3)C2N2c3ccccc3N3CC4=C(C5CC(CC6CCC=N6)C=CC5O4)C32)C=C1. The molecule has 4 heterocycles. The maximum absolute atomic E-state index is 6.80. The van der Waals surface area contributed by atoms with Crippen LogP contribution >= 0.6 is 0 Å². The number of nitrogens with zero attached hydrogens (tertiary/aromatic N) is 3. The van der Waals surface area contributed by atoms with Crippen LogP contribution in [0.3, 0.4) is 0 Å². The van der Waals surface area contributed by atoms with E-state index in [9.17, 15) is 0 Å². The third-order valence-corrected chi connectivity index (χ3v) is 11.1. The van der Waals surface area contributed by atoms with Gasteiger partial charge in [-0.05, 0) is 86.4 Å². The average molecular weight is 568 g/mol. The Morgan fingerprint density at radius 1 is 0.930 bits per heavy atom. The Hall–Kier alpha value is -3.79. The summed E-state index contributed by atoms with van der Waals surface area (Å²) in [7, 11) is 0. The van der Waals surface area contributed by atoms with Gasteiger partial charge in [-0.15, -0.1) is 0 Å². The van der Waals surface area contributed by atoms with Gasteiger partial charge in [0.1, 0.15) is 18.0 Å². The van der Waals surface area contributed by atoms with Crippen LogP contribution in [0.4, 0.5) is 11.4 Å². The van der Waals surface area contributed by atoms with Crippen LogP contribution < -0.4 is 9.80 Å². The van der Waals surface area contributed by atoms with Crippen LogP contribution in [-0.4, -0.2) is 37.1 Å². The lowest BCUT2D eigenvalue weighted by molar-refractivity contribution is 0.130. The number of allylic oxidation sites excluding steroid dienone is 10. The molecule has 4 nitrogen and oxygen atoms in total. The molecule has 8 aliphatic rings. The van der Waals surface area contributed by atoms with Crippen LogP contribution in [0.15, 0.2) is 125 Å². The van der Waals surface area contributed by atoms with E-state index in [2.05, 4.69) is 113 Å². The summed E-state index contributed by atoms with van der Waals surface area (Å²) in [6.07, 6.45) is 39.1. The number of hydrogen-bond acceptors (Lipinski definition) is 4. The number of para-hydroxylation sites is 2. The first-order valence-electron chi connectivity index (χ1n) is 16.7. The van der Waals surface area contributed by atoms with Crippen LogP contribution in [0.2, 0.25) is 0 Å². The Morgan fingerprint density at radius 2 is 1.88 bits per heavy atom. The Kier molecular flexibility index (Phi) is 6.23. The Bertz CT molecular complexity index is 1580. The average Bonchev–Trinajstić information content (AvgIpc) is 3.84. The summed E-state index contributed by atoms with van der Waals surface area (Å²) in [6.45, 7) is 0.868. The first-order valence-corrected chi connectivity index (χ1v) is 16.7. The lowest BCUT2D eigenvalue weighted by Crippen LogP contribution is -2.53. The third kappa shape index (κ3) is 4.20. The number of ether oxygens (including phenoxy) is 1. The van der Waals surface area contributed by atoms with E-state index in [1.165, 1.54) is 47.5 Å². The van der Waals surface area contributed by atoms with Crippen LogP contribution in [-0.2, 0) is 4.74 Å². The van der Waals surface area contributed by atoms with Gasteiger partial charge >= 0.3 is 0 Å². The first-order chi connectivity index (χ1) is 21.3. The molecule has 0 radical (unpaired) electrons. The number of rotatable bonds is 5. The summed E-state index contributed by atoms with van der Waals surface area (Å²) >= 11 is 0. The molecule has 1 aromatic carbocycles. The fraction of sp³-hybridized carbons (Fsp3) is 0.410. The largest absolute Gasteiger partial charge is 0.488 e. The molecule has 8 atom stereocenters. The van der Waals surface area contributed by atoms with E-state index in [4.69, 9.17) is 9.73 Å². The van der Waals surface area contributed by atoms with E-state index >= 15 is 0 Å². The zero-order valence-corrected chi connectivity index (χ0v) is 24.8. The highest BCUT2D eigenvalue weighted by Crippen LogP contribution is 2.56. The molecule has 9 rings (SSSR count). The fourth-order valence-corrected chi connectivity index (χ4v) is 9.20. The molecular formula is C39H41N3O. The molecule has 0 saturated heterocycles. The molecule has 0 amide bonds. The highest BCUT2D eigenvalue weighted by Gasteiger charge is 2.55. The molecule has 0 aromatic heterocycles. The zero-order chi connectivity index (χ0) is 28.3. The Labute approximate surface area is 255 Å².